The fourth-order valence-electron chi connectivity index (χ4n) is 1.58. The first-order chi connectivity index (χ1) is 8.12. The van der Waals surface area contributed by atoms with Crippen molar-refractivity contribution in [2.75, 3.05) is 13.7 Å². The SMILES string of the molecule is COc1ccc(C=C(CN)C(C)C)cc1C#N. The fourth-order valence-corrected chi connectivity index (χ4v) is 1.58. The summed E-state index contributed by atoms with van der Waals surface area (Å²) in [6.45, 7) is 4.74. The van der Waals surface area contributed by atoms with Gasteiger partial charge < -0.3 is 10.5 Å². The van der Waals surface area contributed by atoms with Crippen LogP contribution in [0.3, 0.4) is 0 Å². The highest BCUT2D eigenvalue weighted by molar-refractivity contribution is 5.59. The Morgan fingerprint density at radius 2 is 2.24 bits per heavy atom. The minimum Gasteiger partial charge on any atom is -0.495 e. The summed E-state index contributed by atoms with van der Waals surface area (Å²) in [5, 5.41) is 9.00. The van der Waals surface area contributed by atoms with Crippen LogP contribution in [-0.4, -0.2) is 13.7 Å². The quantitative estimate of drug-likeness (QED) is 0.864. The minimum atomic E-state index is 0.410. The van der Waals surface area contributed by atoms with Crippen molar-refractivity contribution in [2.45, 2.75) is 13.8 Å². The monoisotopic (exact) mass is 230 g/mol. The topological polar surface area (TPSA) is 59.0 Å². The van der Waals surface area contributed by atoms with Gasteiger partial charge in [-0.3, -0.25) is 0 Å². The summed E-state index contributed by atoms with van der Waals surface area (Å²) in [4.78, 5) is 0. The second-order valence-electron chi connectivity index (χ2n) is 4.15. The Balaban J connectivity index is 3.13. The van der Waals surface area contributed by atoms with Crippen LogP contribution in [-0.2, 0) is 0 Å². The van der Waals surface area contributed by atoms with Crippen LogP contribution in [0.4, 0.5) is 0 Å². The smallest absolute Gasteiger partial charge is 0.136 e. The van der Waals surface area contributed by atoms with Crippen molar-refractivity contribution in [3.8, 4) is 11.8 Å². The Morgan fingerprint density at radius 3 is 2.71 bits per heavy atom. The molecule has 0 atom stereocenters. The molecule has 1 aromatic carbocycles. The van der Waals surface area contributed by atoms with Gasteiger partial charge in [-0.05, 0) is 23.6 Å². The molecular weight excluding hydrogens is 212 g/mol. The Hall–Kier alpha value is -1.79. The van der Waals surface area contributed by atoms with Gasteiger partial charge in [0.2, 0.25) is 0 Å². The molecule has 0 bridgehead atoms. The number of nitriles is 1. The van der Waals surface area contributed by atoms with Crippen molar-refractivity contribution in [2.24, 2.45) is 11.7 Å². The lowest BCUT2D eigenvalue weighted by molar-refractivity contribution is 0.413. The maximum Gasteiger partial charge on any atom is 0.136 e. The lowest BCUT2D eigenvalue weighted by atomic mass is 9.99. The third-order valence-electron chi connectivity index (χ3n) is 2.67. The molecule has 90 valence electrons. The van der Waals surface area contributed by atoms with Gasteiger partial charge in [-0.2, -0.15) is 5.26 Å². The summed E-state index contributed by atoms with van der Waals surface area (Å²) in [6, 6.07) is 7.67. The number of hydrogen-bond donors (Lipinski definition) is 1. The second-order valence-corrected chi connectivity index (χ2v) is 4.15. The predicted octanol–water partition coefficient (Wildman–Crippen LogP) is 2.56. The number of ether oxygens (including phenoxy) is 1. The first-order valence-corrected chi connectivity index (χ1v) is 5.61. The van der Waals surface area contributed by atoms with E-state index in [1.165, 1.54) is 5.57 Å². The Labute approximate surface area is 103 Å². The van der Waals surface area contributed by atoms with Crippen molar-refractivity contribution in [3.63, 3.8) is 0 Å². The van der Waals surface area contributed by atoms with E-state index in [9.17, 15) is 0 Å². The summed E-state index contributed by atoms with van der Waals surface area (Å²) < 4.78 is 5.10. The Morgan fingerprint density at radius 1 is 1.53 bits per heavy atom. The molecule has 3 nitrogen and oxygen atoms in total. The molecule has 0 saturated heterocycles. The number of methoxy groups -OCH3 is 1. The van der Waals surface area contributed by atoms with Crippen LogP contribution in [0.25, 0.3) is 6.08 Å². The molecule has 1 rings (SSSR count). The predicted molar refractivity (Wildman–Crippen MR) is 69.6 cm³/mol. The molecule has 0 heterocycles. The molecule has 0 unspecified atom stereocenters. The van der Waals surface area contributed by atoms with Gasteiger partial charge in [0.15, 0.2) is 0 Å². The van der Waals surface area contributed by atoms with E-state index in [1.54, 1.807) is 13.2 Å². The van der Waals surface area contributed by atoms with Crippen LogP contribution in [0.5, 0.6) is 5.75 Å². The summed E-state index contributed by atoms with van der Waals surface area (Å²) in [6.07, 6.45) is 2.03. The van der Waals surface area contributed by atoms with Crippen molar-refractivity contribution < 1.29 is 4.74 Å². The molecule has 0 amide bonds. The highest BCUT2D eigenvalue weighted by Gasteiger charge is 2.05. The number of benzene rings is 1. The normalized spacial score (nSPS) is 11.4. The highest BCUT2D eigenvalue weighted by atomic mass is 16.5. The van der Waals surface area contributed by atoms with Crippen molar-refractivity contribution in [1.82, 2.24) is 0 Å². The first-order valence-electron chi connectivity index (χ1n) is 5.61. The molecule has 0 radical (unpaired) electrons. The van der Waals surface area contributed by atoms with Crippen molar-refractivity contribution in [1.29, 1.82) is 5.26 Å². The third kappa shape index (κ3) is 3.33. The van der Waals surface area contributed by atoms with Gasteiger partial charge in [-0.15, -0.1) is 0 Å². The van der Waals surface area contributed by atoms with E-state index in [0.29, 0.717) is 23.8 Å². The molecular formula is C14H18N2O. The number of rotatable bonds is 4. The molecule has 0 saturated carbocycles. The number of hydrogen-bond acceptors (Lipinski definition) is 3. The van der Waals surface area contributed by atoms with Gasteiger partial charge in [-0.25, -0.2) is 0 Å². The molecule has 2 N–H and O–H groups in total. The Kier molecular flexibility index (Phi) is 4.74. The minimum absolute atomic E-state index is 0.410. The molecule has 0 aliphatic carbocycles. The van der Waals surface area contributed by atoms with E-state index in [1.807, 2.05) is 18.2 Å². The maximum atomic E-state index is 9.00. The van der Waals surface area contributed by atoms with Gasteiger partial charge in [0.25, 0.3) is 0 Å². The van der Waals surface area contributed by atoms with E-state index in [2.05, 4.69) is 19.9 Å². The van der Waals surface area contributed by atoms with Gasteiger partial charge in [-0.1, -0.05) is 31.6 Å². The maximum absolute atomic E-state index is 9.00. The van der Waals surface area contributed by atoms with Gasteiger partial charge in [0, 0.05) is 6.54 Å². The summed E-state index contributed by atoms with van der Waals surface area (Å²) in [7, 11) is 1.56. The van der Waals surface area contributed by atoms with Crippen LogP contribution in [0.15, 0.2) is 23.8 Å². The molecule has 0 spiro atoms. The van der Waals surface area contributed by atoms with E-state index in [-0.39, 0.29) is 0 Å². The average Bonchev–Trinajstić information content (AvgIpc) is 2.35. The second kappa shape index (κ2) is 6.07. The van der Waals surface area contributed by atoms with Gasteiger partial charge in [0.1, 0.15) is 11.8 Å². The van der Waals surface area contributed by atoms with Crippen LogP contribution in [0.2, 0.25) is 0 Å². The zero-order chi connectivity index (χ0) is 12.8. The van der Waals surface area contributed by atoms with Gasteiger partial charge in [0.05, 0.1) is 12.7 Å². The van der Waals surface area contributed by atoms with Crippen LogP contribution in [0, 0.1) is 17.2 Å². The zero-order valence-corrected chi connectivity index (χ0v) is 10.5. The molecule has 1 aromatic rings. The van der Waals surface area contributed by atoms with E-state index < -0.39 is 0 Å². The molecule has 3 heteroatoms. The number of nitrogens with two attached hydrogens (primary N) is 1. The lowest BCUT2D eigenvalue weighted by Crippen LogP contribution is -2.08. The molecule has 0 aliphatic heterocycles. The fraction of sp³-hybridized carbons (Fsp3) is 0.357. The van der Waals surface area contributed by atoms with Gasteiger partial charge >= 0.3 is 0 Å². The van der Waals surface area contributed by atoms with Crippen LogP contribution >= 0.6 is 0 Å². The van der Waals surface area contributed by atoms with Crippen molar-refractivity contribution >= 4 is 6.08 Å². The average molecular weight is 230 g/mol. The molecule has 0 aliphatic rings. The van der Waals surface area contributed by atoms with Crippen LogP contribution < -0.4 is 10.5 Å². The van der Waals surface area contributed by atoms with E-state index in [4.69, 9.17) is 15.7 Å². The lowest BCUT2D eigenvalue weighted by Gasteiger charge is -2.09. The molecule has 17 heavy (non-hydrogen) atoms. The zero-order valence-electron chi connectivity index (χ0n) is 10.5. The summed E-state index contributed by atoms with van der Waals surface area (Å²) in [5.74, 6) is 1.01. The van der Waals surface area contributed by atoms with E-state index >= 15 is 0 Å². The summed E-state index contributed by atoms with van der Waals surface area (Å²) >= 11 is 0. The third-order valence-corrected chi connectivity index (χ3v) is 2.67. The van der Waals surface area contributed by atoms with E-state index in [0.717, 1.165) is 5.56 Å². The Bertz CT molecular complexity index is 456. The molecule has 0 fully saturated rings. The summed E-state index contributed by atoms with van der Waals surface area (Å²) in [5.41, 5.74) is 8.38. The largest absolute Gasteiger partial charge is 0.495 e. The highest BCUT2D eigenvalue weighted by Crippen LogP contribution is 2.21. The number of nitrogens with zero attached hydrogens (tertiary/aromatic N) is 1. The standard InChI is InChI=1S/C14H18N2O/c1-10(2)12(8-15)6-11-4-5-14(17-3)13(7-11)9-16/h4-7,10H,8,15H2,1-3H3. The molecule has 0 aromatic heterocycles. The van der Waals surface area contributed by atoms with Crippen LogP contribution in [0.1, 0.15) is 25.0 Å². The van der Waals surface area contributed by atoms with Crippen molar-refractivity contribution in [3.05, 3.63) is 34.9 Å². The first kappa shape index (κ1) is 13.3.